The van der Waals surface area contributed by atoms with Gasteiger partial charge in [-0.15, -0.1) is 0 Å². The monoisotopic (exact) mass is 213 g/mol. The number of rotatable bonds is 1. The van der Waals surface area contributed by atoms with Gasteiger partial charge in [0, 0.05) is 0 Å². The Hall–Kier alpha value is -0.770. The standard InChI is InChI=1S/C11H19NO3/c1-10(2,3)15-9(13)12-6-11(14,7-12)8-4-5-8/h8,14H,4-7H2,1-3H3. The molecular weight excluding hydrogens is 194 g/mol. The number of ether oxygens (including phenoxy) is 1. The molecule has 0 radical (unpaired) electrons. The normalized spacial score (nSPS) is 24.7. The Morgan fingerprint density at radius 2 is 1.93 bits per heavy atom. The zero-order chi connectivity index (χ0) is 11.3. The van der Waals surface area contributed by atoms with Crippen molar-refractivity contribution in [2.45, 2.75) is 44.8 Å². The van der Waals surface area contributed by atoms with E-state index in [4.69, 9.17) is 4.74 Å². The minimum Gasteiger partial charge on any atom is -0.444 e. The average Bonchev–Trinajstić information content (AvgIpc) is 2.76. The summed E-state index contributed by atoms with van der Waals surface area (Å²) in [4.78, 5) is 13.1. The van der Waals surface area contributed by atoms with Crippen LogP contribution in [0.1, 0.15) is 33.6 Å². The highest BCUT2D eigenvalue weighted by Gasteiger charge is 2.54. The highest BCUT2D eigenvalue weighted by Crippen LogP contribution is 2.44. The number of carbonyl (C=O) groups excluding carboxylic acids is 1. The van der Waals surface area contributed by atoms with E-state index in [0.717, 1.165) is 12.8 Å². The maximum Gasteiger partial charge on any atom is 0.410 e. The molecule has 1 heterocycles. The molecule has 1 aliphatic carbocycles. The van der Waals surface area contributed by atoms with Crippen molar-refractivity contribution in [2.75, 3.05) is 13.1 Å². The highest BCUT2D eigenvalue weighted by molar-refractivity contribution is 5.69. The van der Waals surface area contributed by atoms with Crippen LogP contribution in [0, 0.1) is 5.92 Å². The summed E-state index contributed by atoms with van der Waals surface area (Å²) in [6.07, 6.45) is 1.88. The van der Waals surface area contributed by atoms with Crippen LogP contribution in [0.3, 0.4) is 0 Å². The van der Waals surface area contributed by atoms with Crippen LogP contribution in [0.25, 0.3) is 0 Å². The van der Waals surface area contributed by atoms with Gasteiger partial charge in [-0.1, -0.05) is 0 Å². The Morgan fingerprint density at radius 3 is 2.33 bits per heavy atom. The van der Waals surface area contributed by atoms with Gasteiger partial charge in [-0.2, -0.15) is 0 Å². The Kier molecular flexibility index (Phi) is 2.23. The lowest BCUT2D eigenvalue weighted by Crippen LogP contribution is -2.65. The smallest absolute Gasteiger partial charge is 0.410 e. The number of carbonyl (C=O) groups is 1. The molecule has 1 aliphatic heterocycles. The first kappa shape index (κ1) is 10.7. The molecule has 0 aromatic rings. The van der Waals surface area contributed by atoms with Gasteiger partial charge in [0.15, 0.2) is 0 Å². The van der Waals surface area contributed by atoms with Crippen molar-refractivity contribution in [1.29, 1.82) is 0 Å². The Balaban J connectivity index is 1.81. The van der Waals surface area contributed by atoms with Gasteiger partial charge in [-0.05, 0) is 39.5 Å². The number of likely N-dealkylation sites (tertiary alicyclic amines) is 1. The molecule has 0 spiro atoms. The van der Waals surface area contributed by atoms with Crippen molar-refractivity contribution in [3.63, 3.8) is 0 Å². The molecule has 4 heteroatoms. The van der Waals surface area contributed by atoms with Gasteiger partial charge in [-0.3, -0.25) is 0 Å². The number of hydrogen-bond acceptors (Lipinski definition) is 3. The number of nitrogens with zero attached hydrogens (tertiary/aromatic N) is 1. The number of hydrogen-bond donors (Lipinski definition) is 1. The molecule has 0 aromatic heterocycles. The van der Waals surface area contributed by atoms with E-state index in [0.29, 0.717) is 19.0 Å². The predicted molar refractivity (Wildman–Crippen MR) is 55.5 cm³/mol. The Morgan fingerprint density at radius 1 is 1.40 bits per heavy atom. The minimum atomic E-state index is -0.614. The molecule has 1 N–H and O–H groups in total. The molecule has 2 rings (SSSR count). The van der Waals surface area contributed by atoms with Crippen LogP contribution in [0.5, 0.6) is 0 Å². The van der Waals surface area contributed by atoms with Crippen LogP contribution in [0.15, 0.2) is 0 Å². The molecule has 1 amide bonds. The average molecular weight is 213 g/mol. The summed E-state index contributed by atoms with van der Waals surface area (Å²) in [5, 5.41) is 10.0. The molecule has 86 valence electrons. The van der Waals surface area contributed by atoms with Crippen LogP contribution in [0.2, 0.25) is 0 Å². The van der Waals surface area contributed by atoms with Crippen LogP contribution in [-0.2, 0) is 4.74 Å². The Bertz CT molecular complexity index is 272. The minimum absolute atomic E-state index is 0.312. The summed E-state index contributed by atoms with van der Waals surface area (Å²) >= 11 is 0. The van der Waals surface area contributed by atoms with E-state index in [1.165, 1.54) is 0 Å². The molecule has 0 bridgehead atoms. The van der Waals surface area contributed by atoms with E-state index in [1.54, 1.807) is 4.90 Å². The summed E-state index contributed by atoms with van der Waals surface area (Å²) < 4.78 is 5.21. The van der Waals surface area contributed by atoms with Crippen molar-refractivity contribution in [2.24, 2.45) is 5.92 Å². The van der Waals surface area contributed by atoms with Crippen LogP contribution < -0.4 is 0 Å². The van der Waals surface area contributed by atoms with Crippen molar-refractivity contribution < 1.29 is 14.6 Å². The van der Waals surface area contributed by atoms with Gasteiger partial charge in [0.2, 0.25) is 0 Å². The van der Waals surface area contributed by atoms with Crippen molar-refractivity contribution in [3.8, 4) is 0 Å². The van der Waals surface area contributed by atoms with E-state index in [1.807, 2.05) is 20.8 Å². The summed E-state index contributed by atoms with van der Waals surface area (Å²) in [5.74, 6) is 0.413. The third-order valence-electron chi connectivity index (χ3n) is 2.92. The molecule has 1 saturated heterocycles. The zero-order valence-electron chi connectivity index (χ0n) is 9.62. The predicted octanol–water partition coefficient (Wildman–Crippen LogP) is 1.38. The van der Waals surface area contributed by atoms with Gasteiger partial charge < -0.3 is 14.7 Å². The maximum absolute atomic E-state index is 11.6. The second kappa shape index (κ2) is 3.11. The fourth-order valence-electron chi connectivity index (χ4n) is 1.95. The van der Waals surface area contributed by atoms with Gasteiger partial charge in [0.05, 0.1) is 13.1 Å². The molecule has 1 saturated carbocycles. The molecule has 2 aliphatic rings. The first-order chi connectivity index (χ1) is 6.80. The number of β-amino-alcohol motifs (C(OH)–C–C–N with tert-alkyl or cyclic N) is 1. The quantitative estimate of drug-likeness (QED) is 0.716. The Labute approximate surface area is 90.2 Å². The highest BCUT2D eigenvalue weighted by atomic mass is 16.6. The third-order valence-corrected chi connectivity index (χ3v) is 2.92. The lowest BCUT2D eigenvalue weighted by molar-refractivity contribution is -0.111. The molecule has 0 atom stereocenters. The van der Waals surface area contributed by atoms with E-state index >= 15 is 0 Å². The number of amides is 1. The first-order valence-corrected chi connectivity index (χ1v) is 5.50. The van der Waals surface area contributed by atoms with Crippen LogP contribution >= 0.6 is 0 Å². The van der Waals surface area contributed by atoms with Gasteiger partial charge in [-0.25, -0.2) is 4.79 Å². The molecule has 15 heavy (non-hydrogen) atoms. The summed E-state index contributed by atoms with van der Waals surface area (Å²) in [6.45, 7) is 6.41. The topological polar surface area (TPSA) is 49.8 Å². The summed E-state index contributed by atoms with van der Waals surface area (Å²) in [5.41, 5.74) is -1.07. The first-order valence-electron chi connectivity index (χ1n) is 5.50. The molecule has 4 nitrogen and oxygen atoms in total. The van der Waals surface area contributed by atoms with E-state index < -0.39 is 11.2 Å². The van der Waals surface area contributed by atoms with Gasteiger partial charge >= 0.3 is 6.09 Å². The molecule has 2 fully saturated rings. The summed E-state index contributed by atoms with van der Waals surface area (Å²) in [6, 6.07) is 0. The van der Waals surface area contributed by atoms with Crippen molar-refractivity contribution >= 4 is 6.09 Å². The van der Waals surface area contributed by atoms with E-state index in [9.17, 15) is 9.90 Å². The third kappa shape index (κ3) is 2.25. The van der Waals surface area contributed by atoms with Crippen molar-refractivity contribution in [1.82, 2.24) is 4.90 Å². The van der Waals surface area contributed by atoms with E-state index in [2.05, 4.69) is 0 Å². The lowest BCUT2D eigenvalue weighted by Gasteiger charge is -2.46. The fourth-order valence-corrected chi connectivity index (χ4v) is 1.95. The second-order valence-corrected chi connectivity index (χ2v) is 5.71. The summed E-state index contributed by atoms with van der Waals surface area (Å²) in [7, 11) is 0. The van der Waals surface area contributed by atoms with Crippen LogP contribution in [-0.4, -0.2) is 40.4 Å². The molecule has 0 unspecified atom stereocenters. The fraction of sp³-hybridized carbons (Fsp3) is 0.909. The second-order valence-electron chi connectivity index (χ2n) is 5.71. The lowest BCUT2D eigenvalue weighted by atomic mass is 9.89. The van der Waals surface area contributed by atoms with Gasteiger partial charge in [0.25, 0.3) is 0 Å². The number of aliphatic hydroxyl groups is 1. The van der Waals surface area contributed by atoms with Crippen molar-refractivity contribution in [3.05, 3.63) is 0 Å². The van der Waals surface area contributed by atoms with E-state index in [-0.39, 0.29) is 6.09 Å². The van der Waals surface area contributed by atoms with Gasteiger partial charge in [0.1, 0.15) is 11.2 Å². The molecular formula is C11H19NO3. The largest absolute Gasteiger partial charge is 0.444 e. The van der Waals surface area contributed by atoms with Crippen LogP contribution in [0.4, 0.5) is 4.79 Å². The SMILES string of the molecule is CC(C)(C)OC(=O)N1CC(O)(C2CC2)C1. The molecule has 0 aromatic carbocycles. The zero-order valence-corrected chi connectivity index (χ0v) is 9.62. The maximum atomic E-state index is 11.6.